The molecule has 8 heteroatoms. The van der Waals surface area contributed by atoms with Crippen molar-refractivity contribution in [2.45, 2.75) is 18.2 Å². The largest absolute Gasteiger partial charge is 0.497 e. The first-order chi connectivity index (χ1) is 23.8. The van der Waals surface area contributed by atoms with Crippen LogP contribution in [0.15, 0.2) is 146 Å². The number of nitrogens with zero attached hydrogens (tertiary/aromatic N) is 2. The highest BCUT2D eigenvalue weighted by Gasteiger charge is 2.25. The summed E-state index contributed by atoms with van der Waals surface area (Å²) < 4.78 is 47.9. The quantitative estimate of drug-likeness (QED) is 0.138. The number of aryl methyl sites for hydroxylation is 1. The highest BCUT2D eigenvalue weighted by Crippen LogP contribution is 2.38. The molecule has 0 saturated heterocycles. The Bertz CT molecular complexity index is 2270. The summed E-state index contributed by atoms with van der Waals surface area (Å²) in [6, 6.07) is 48.0. The van der Waals surface area contributed by atoms with Crippen LogP contribution in [-0.4, -0.2) is 31.8 Å². The van der Waals surface area contributed by atoms with Crippen molar-refractivity contribution in [3.8, 4) is 22.6 Å². The predicted octanol–water partition coefficient (Wildman–Crippen LogP) is 9.97. The number of fused-ring (bicyclic) bond motifs is 3. The maximum atomic E-state index is 12.4. The van der Waals surface area contributed by atoms with Crippen molar-refractivity contribution >= 4 is 49.0 Å². The summed E-state index contributed by atoms with van der Waals surface area (Å²) in [6.07, 6.45) is 0.235. The van der Waals surface area contributed by atoms with E-state index in [0.717, 1.165) is 61.5 Å². The van der Waals surface area contributed by atoms with Crippen LogP contribution in [0.3, 0.4) is 0 Å². The van der Waals surface area contributed by atoms with Crippen LogP contribution in [0.25, 0.3) is 32.9 Å². The Labute approximate surface area is 286 Å². The van der Waals surface area contributed by atoms with Crippen LogP contribution in [0.5, 0.6) is 11.5 Å². The molecule has 0 saturated carbocycles. The summed E-state index contributed by atoms with van der Waals surface area (Å²) in [5.41, 5.74) is 7.74. The van der Waals surface area contributed by atoms with Gasteiger partial charge in [0.05, 0.1) is 14.2 Å². The standard InChI is InChI=1S/C41H36N2O5S/c1-47-35-21-17-33(18-22-35)43(34-19-23-36(48-2)24-20-34)32-15-12-29(13-16-32)31-14-25-40-38(28-31)37-10-6-7-11-39(37)42(40)27-26-41(49(44,45)46)30-8-4-3-5-9-30/h3-25,28,41H,26-27H2,1-2H3,(H,44,45,46). The van der Waals surface area contributed by atoms with Crippen molar-refractivity contribution in [2.24, 2.45) is 0 Å². The van der Waals surface area contributed by atoms with Crippen molar-refractivity contribution in [2.75, 3.05) is 19.1 Å². The third-order valence-electron chi connectivity index (χ3n) is 9.04. The van der Waals surface area contributed by atoms with E-state index in [-0.39, 0.29) is 6.42 Å². The smallest absolute Gasteiger partial charge is 0.272 e. The lowest BCUT2D eigenvalue weighted by atomic mass is 10.0. The molecule has 246 valence electrons. The normalized spacial score (nSPS) is 12.2. The summed E-state index contributed by atoms with van der Waals surface area (Å²) in [4.78, 5) is 2.19. The molecule has 1 atom stereocenters. The minimum atomic E-state index is -4.30. The van der Waals surface area contributed by atoms with Crippen LogP contribution < -0.4 is 14.4 Å². The molecule has 0 aliphatic rings. The van der Waals surface area contributed by atoms with Crippen LogP contribution in [0, 0.1) is 0 Å². The second-order valence-electron chi connectivity index (χ2n) is 11.9. The number of methoxy groups -OCH3 is 2. The molecule has 7 aromatic rings. The molecule has 7 nitrogen and oxygen atoms in total. The first-order valence-electron chi connectivity index (χ1n) is 16.0. The molecule has 1 heterocycles. The lowest BCUT2D eigenvalue weighted by molar-refractivity contribution is 0.415. The van der Waals surface area contributed by atoms with Gasteiger partial charge in [-0.2, -0.15) is 8.42 Å². The van der Waals surface area contributed by atoms with Crippen molar-refractivity contribution < 1.29 is 22.4 Å². The molecule has 0 fully saturated rings. The van der Waals surface area contributed by atoms with Gasteiger partial charge in [-0.15, -0.1) is 0 Å². The molecule has 6 aromatic carbocycles. The van der Waals surface area contributed by atoms with Crippen molar-refractivity contribution in [1.82, 2.24) is 4.57 Å². The highest BCUT2D eigenvalue weighted by molar-refractivity contribution is 7.86. The third kappa shape index (κ3) is 6.48. The molecular formula is C41H36N2O5S. The third-order valence-corrected chi connectivity index (χ3v) is 10.3. The van der Waals surface area contributed by atoms with Gasteiger partial charge in [-0.1, -0.05) is 66.7 Å². The summed E-state index contributed by atoms with van der Waals surface area (Å²) in [6.45, 7) is 0.421. The highest BCUT2D eigenvalue weighted by atomic mass is 32.2. The molecule has 0 aliphatic carbocycles. The Hall–Kier alpha value is -5.57. The van der Waals surface area contributed by atoms with E-state index in [1.807, 2.05) is 66.7 Å². The Balaban J connectivity index is 1.23. The number of aromatic nitrogens is 1. The van der Waals surface area contributed by atoms with Gasteiger partial charge in [0.1, 0.15) is 16.7 Å². The Morgan fingerprint density at radius 2 is 1.12 bits per heavy atom. The maximum absolute atomic E-state index is 12.4. The summed E-state index contributed by atoms with van der Waals surface area (Å²) >= 11 is 0. The summed E-state index contributed by atoms with van der Waals surface area (Å²) in [7, 11) is -0.976. The van der Waals surface area contributed by atoms with Crippen LogP contribution in [0.4, 0.5) is 17.1 Å². The molecule has 0 bridgehead atoms. The fourth-order valence-corrected chi connectivity index (χ4v) is 7.49. The van der Waals surface area contributed by atoms with Gasteiger partial charge < -0.3 is 18.9 Å². The zero-order valence-corrected chi connectivity index (χ0v) is 28.0. The zero-order valence-electron chi connectivity index (χ0n) is 27.2. The van der Waals surface area contributed by atoms with Gasteiger partial charge >= 0.3 is 0 Å². The Morgan fingerprint density at radius 1 is 0.612 bits per heavy atom. The fraction of sp³-hybridized carbons (Fsp3) is 0.122. The molecule has 49 heavy (non-hydrogen) atoms. The SMILES string of the molecule is COc1ccc(N(c2ccc(OC)cc2)c2ccc(-c3ccc4c(c3)c3ccccc3n4CCC(c3ccccc3)S(=O)(=O)O)cc2)cc1. The average Bonchev–Trinajstić information content (AvgIpc) is 3.45. The van der Waals surface area contributed by atoms with E-state index in [4.69, 9.17) is 9.47 Å². The molecule has 1 N–H and O–H groups in total. The number of rotatable bonds is 11. The second-order valence-corrected chi connectivity index (χ2v) is 13.5. The van der Waals surface area contributed by atoms with Gasteiger partial charge in [0.2, 0.25) is 0 Å². The lowest BCUT2D eigenvalue weighted by Crippen LogP contribution is -2.15. The first-order valence-corrected chi connectivity index (χ1v) is 17.6. The molecule has 0 aliphatic heterocycles. The van der Waals surface area contributed by atoms with Gasteiger partial charge in [-0.05, 0) is 102 Å². The second kappa shape index (κ2) is 13.5. The van der Waals surface area contributed by atoms with Crippen LogP contribution in [0.1, 0.15) is 17.2 Å². The number of ether oxygens (including phenoxy) is 2. The van der Waals surface area contributed by atoms with E-state index < -0.39 is 15.4 Å². The number of para-hydroxylation sites is 1. The summed E-state index contributed by atoms with van der Waals surface area (Å²) in [5, 5.41) is 1.15. The van der Waals surface area contributed by atoms with E-state index in [0.29, 0.717) is 12.1 Å². The maximum Gasteiger partial charge on any atom is 0.272 e. The van der Waals surface area contributed by atoms with Gasteiger partial charge in [0.25, 0.3) is 10.1 Å². The molecule has 1 unspecified atom stereocenters. The lowest BCUT2D eigenvalue weighted by Gasteiger charge is -2.26. The molecule has 7 rings (SSSR count). The Morgan fingerprint density at radius 3 is 1.69 bits per heavy atom. The van der Waals surface area contributed by atoms with E-state index in [9.17, 15) is 13.0 Å². The average molecular weight is 669 g/mol. The molecule has 0 spiro atoms. The number of benzene rings is 6. The van der Waals surface area contributed by atoms with Crippen molar-refractivity contribution in [3.63, 3.8) is 0 Å². The van der Waals surface area contributed by atoms with E-state index in [1.165, 1.54) is 0 Å². The molecule has 0 amide bonds. The number of anilines is 3. The molecular weight excluding hydrogens is 633 g/mol. The van der Waals surface area contributed by atoms with E-state index in [2.05, 4.69) is 64.1 Å². The topological polar surface area (TPSA) is 81.0 Å². The predicted molar refractivity (Wildman–Crippen MR) is 198 cm³/mol. The van der Waals surface area contributed by atoms with Gasteiger partial charge in [-0.25, -0.2) is 0 Å². The van der Waals surface area contributed by atoms with Gasteiger partial charge in [0, 0.05) is 45.4 Å². The van der Waals surface area contributed by atoms with Crippen LogP contribution >= 0.6 is 0 Å². The minimum absolute atomic E-state index is 0.235. The fourth-order valence-electron chi connectivity index (χ4n) is 6.59. The first kappa shape index (κ1) is 32.0. The van der Waals surface area contributed by atoms with Gasteiger partial charge in [-0.3, -0.25) is 4.55 Å². The van der Waals surface area contributed by atoms with Crippen LogP contribution in [-0.2, 0) is 16.7 Å². The van der Waals surface area contributed by atoms with Crippen molar-refractivity contribution in [3.05, 3.63) is 151 Å². The minimum Gasteiger partial charge on any atom is -0.497 e. The molecule has 0 radical (unpaired) electrons. The summed E-state index contributed by atoms with van der Waals surface area (Å²) in [5.74, 6) is 1.58. The van der Waals surface area contributed by atoms with E-state index in [1.54, 1.807) is 38.5 Å². The number of hydrogen-bond acceptors (Lipinski definition) is 5. The Kier molecular flexibility index (Phi) is 8.82. The number of hydrogen-bond donors (Lipinski definition) is 1. The van der Waals surface area contributed by atoms with Crippen LogP contribution in [0.2, 0.25) is 0 Å². The zero-order chi connectivity index (χ0) is 34.0. The monoisotopic (exact) mass is 668 g/mol. The van der Waals surface area contributed by atoms with Crippen molar-refractivity contribution in [1.29, 1.82) is 0 Å². The van der Waals surface area contributed by atoms with E-state index >= 15 is 0 Å². The van der Waals surface area contributed by atoms with Gasteiger partial charge in [0.15, 0.2) is 0 Å². The molecule has 1 aromatic heterocycles.